The Balaban J connectivity index is 1.40. The van der Waals surface area contributed by atoms with Crippen LogP contribution in [-0.4, -0.2) is 31.7 Å². The highest BCUT2D eigenvalue weighted by Crippen LogP contribution is 2.29. The molecule has 1 aliphatic rings. The van der Waals surface area contributed by atoms with Crippen molar-refractivity contribution in [2.45, 2.75) is 38.1 Å². The van der Waals surface area contributed by atoms with Gasteiger partial charge in [0.05, 0.1) is 35.3 Å². The zero-order valence-corrected chi connectivity index (χ0v) is 18.5. The first kappa shape index (κ1) is 20.9. The average molecular weight is 438 g/mol. The summed E-state index contributed by atoms with van der Waals surface area (Å²) in [6, 6.07) is 14.6. The quantitative estimate of drug-likeness (QED) is 0.486. The van der Waals surface area contributed by atoms with Crippen molar-refractivity contribution in [3.63, 3.8) is 0 Å². The third-order valence-electron chi connectivity index (χ3n) is 5.87. The number of pyridine rings is 1. The molecule has 0 amide bonds. The predicted molar refractivity (Wildman–Crippen MR) is 123 cm³/mol. The van der Waals surface area contributed by atoms with Gasteiger partial charge in [0, 0.05) is 23.4 Å². The number of rotatable bonds is 5. The molecule has 0 aliphatic carbocycles. The van der Waals surface area contributed by atoms with Crippen LogP contribution in [0, 0.1) is 11.3 Å². The van der Waals surface area contributed by atoms with Crippen LogP contribution in [-0.2, 0) is 5.41 Å². The molecule has 164 valence electrons. The van der Waals surface area contributed by atoms with Gasteiger partial charge in [0.25, 0.3) is 5.89 Å². The molecule has 1 aromatic carbocycles. The SMILES string of the molecule is CC(C)(C#N)c1cc(-c2cncc(-c3nnc(-c4ccc(C5CCCN5)cc4)o3)n2)ccn1. The molecule has 1 aliphatic heterocycles. The molecule has 3 aromatic heterocycles. The van der Waals surface area contributed by atoms with Crippen LogP contribution >= 0.6 is 0 Å². The van der Waals surface area contributed by atoms with E-state index in [1.54, 1.807) is 18.6 Å². The fourth-order valence-electron chi connectivity index (χ4n) is 3.87. The zero-order chi connectivity index (χ0) is 22.8. The third-order valence-corrected chi connectivity index (χ3v) is 5.87. The minimum absolute atomic E-state index is 0.299. The number of nitriles is 1. The minimum atomic E-state index is -0.703. The van der Waals surface area contributed by atoms with Gasteiger partial charge in [0.15, 0.2) is 0 Å². The van der Waals surface area contributed by atoms with Gasteiger partial charge in [-0.05, 0) is 63.1 Å². The fourth-order valence-corrected chi connectivity index (χ4v) is 3.87. The number of hydrogen-bond acceptors (Lipinski definition) is 8. The van der Waals surface area contributed by atoms with Crippen molar-refractivity contribution in [1.82, 2.24) is 30.5 Å². The lowest BCUT2D eigenvalue weighted by atomic mass is 9.90. The number of aromatic nitrogens is 5. The van der Waals surface area contributed by atoms with Crippen molar-refractivity contribution in [3.05, 3.63) is 66.2 Å². The first-order valence-corrected chi connectivity index (χ1v) is 10.9. The van der Waals surface area contributed by atoms with Crippen LogP contribution in [0.5, 0.6) is 0 Å². The van der Waals surface area contributed by atoms with Crippen LogP contribution in [0.3, 0.4) is 0 Å². The van der Waals surface area contributed by atoms with E-state index >= 15 is 0 Å². The van der Waals surface area contributed by atoms with Gasteiger partial charge in [0.2, 0.25) is 5.89 Å². The molecule has 8 nitrogen and oxygen atoms in total. The lowest BCUT2D eigenvalue weighted by molar-refractivity contribution is 0.581. The highest BCUT2D eigenvalue weighted by Gasteiger charge is 2.22. The number of nitrogens with zero attached hydrogens (tertiary/aromatic N) is 6. The molecule has 33 heavy (non-hydrogen) atoms. The molecule has 4 heterocycles. The van der Waals surface area contributed by atoms with E-state index in [-0.39, 0.29) is 0 Å². The van der Waals surface area contributed by atoms with E-state index in [1.165, 1.54) is 12.0 Å². The molecular formula is C25H23N7O. The van der Waals surface area contributed by atoms with Gasteiger partial charge in [-0.2, -0.15) is 5.26 Å². The largest absolute Gasteiger partial charge is 0.415 e. The Morgan fingerprint density at radius 2 is 1.82 bits per heavy atom. The Hall–Kier alpha value is -3.96. The topological polar surface area (TPSA) is 113 Å². The van der Waals surface area contributed by atoms with Crippen molar-refractivity contribution >= 4 is 0 Å². The highest BCUT2D eigenvalue weighted by atomic mass is 16.4. The maximum atomic E-state index is 9.42. The molecule has 5 rings (SSSR count). The molecule has 4 aromatic rings. The Morgan fingerprint density at radius 3 is 2.58 bits per heavy atom. The van der Waals surface area contributed by atoms with Crippen molar-refractivity contribution in [3.8, 4) is 40.4 Å². The first-order chi connectivity index (χ1) is 16.0. The molecule has 0 radical (unpaired) electrons. The monoisotopic (exact) mass is 437 g/mol. The van der Waals surface area contributed by atoms with Crippen molar-refractivity contribution in [2.24, 2.45) is 0 Å². The molecule has 0 saturated carbocycles. The summed E-state index contributed by atoms with van der Waals surface area (Å²) in [5, 5.41) is 21.3. The maximum absolute atomic E-state index is 9.42. The van der Waals surface area contributed by atoms with Crippen LogP contribution in [0.15, 0.2) is 59.4 Å². The summed E-state index contributed by atoms with van der Waals surface area (Å²) in [5.41, 5.74) is 4.03. The van der Waals surface area contributed by atoms with E-state index in [9.17, 15) is 5.26 Å². The Bertz CT molecular complexity index is 1320. The number of hydrogen-bond donors (Lipinski definition) is 1. The van der Waals surface area contributed by atoms with E-state index in [0.717, 1.165) is 24.1 Å². The molecule has 1 N–H and O–H groups in total. The van der Waals surface area contributed by atoms with Crippen LogP contribution < -0.4 is 5.32 Å². The average Bonchev–Trinajstić information content (AvgIpc) is 3.57. The maximum Gasteiger partial charge on any atom is 0.268 e. The van der Waals surface area contributed by atoms with Crippen molar-refractivity contribution < 1.29 is 4.42 Å². The summed E-state index contributed by atoms with van der Waals surface area (Å²) in [7, 11) is 0. The third kappa shape index (κ3) is 4.23. The van der Waals surface area contributed by atoms with Crippen LogP contribution in [0.4, 0.5) is 0 Å². The fraction of sp³-hybridized carbons (Fsp3) is 0.280. The molecule has 1 atom stereocenters. The summed E-state index contributed by atoms with van der Waals surface area (Å²) in [6.45, 7) is 4.73. The van der Waals surface area contributed by atoms with E-state index in [0.29, 0.717) is 34.9 Å². The van der Waals surface area contributed by atoms with Gasteiger partial charge in [-0.3, -0.25) is 9.97 Å². The second-order valence-corrected chi connectivity index (χ2v) is 8.64. The zero-order valence-electron chi connectivity index (χ0n) is 18.5. The van der Waals surface area contributed by atoms with Gasteiger partial charge in [-0.15, -0.1) is 10.2 Å². The van der Waals surface area contributed by atoms with E-state index in [2.05, 4.69) is 48.7 Å². The lowest BCUT2D eigenvalue weighted by Crippen LogP contribution is -2.15. The normalized spacial score (nSPS) is 16.0. The standard InChI is InChI=1S/C25H23N7O/c1-25(2,15-26)22-12-18(9-11-29-22)20-13-27-14-21(30-20)24-32-31-23(33-24)17-7-5-16(6-8-17)19-4-3-10-28-19/h5-9,11-14,19,28H,3-4,10H2,1-2H3. The Morgan fingerprint density at radius 1 is 1.03 bits per heavy atom. The molecule has 0 spiro atoms. The second-order valence-electron chi connectivity index (χ2n) is 8.64. The Kier molecular flexibility index (Phi) is 5.40. The summed E-state index contributed by atoms with van der Waals surface area (Å²) in [5.74, 6) is 0.734. The van der Waals surface area contributed by atoms with Gasteiger partial charge in [-0.25, -0.2) is 4.98 Å². The molecule has 8 heteroatoms. The van der Waals surface area contributed by atoms with Gasteiger partial charge in [0.1, 0.15) is 5.69 Å². The van der Waals surface area contributed by atoms with Gasteiger partial charge < -0.3 is 9.73 Å². The molecule has 1 saturated heterocycles. The molecule has 1 fully saturated rings. The van der Waals surface area contributed by atoms with Crippen molar-refractivity contribution in [2.75, 3.05) is 6.54 Å². The second kappa shape index (κ2) is 8.52. The van der Waals surface area contributed by atoms with Gasteiger partial charge >= 0.3 is 0 Å². The summed E-state index contributed by atoms with van der Waals surface area (Å²) in [6.07, 6.45) is 7.29. The minimum Gasteiger partial charge on any atom is -0.415 e. The first-order valence-electron chi connectivity index (χ1n) is 10.9. The molecule has 1 unspecified atom stereocenters. The number of nitrogens with one attached hydrogen (secondary N) is 1. The van der Waals surface area contributed by atoms with E-state index in [4.69, 9.17) is 4.42 Å². The van der Waals surface area contributed by atoms with E-state index in [1.807, 2.05) is 38.1 Å². The molecule has 0 bridgehead atoms. The van der Waals surface area contributed by atoms with Gasteiger partial charge in [-0.1, -0.05) is 12.1 Å². The Labute approximate surface area is 191 Å². The number of benzene rings is 1. The lowest BCUT2D eigenvalue weighted by Gasteiger charge is -2.15. The highest BCUT2D eigenvalue weighted by molar-refractivity contribution is 5.62. The van der Waals surface area contributed by atoms with Crippen LogP contribution in [0.1, 0.15) is 44.0 Å². The summed E-state index contributed by atoms with van der Waals surface area (Å²) < 4.78 is 5.91. The van der Waals surface area contributed by atoms with Crippen molar-refractivity contribution in [1.29, 1.82) is 5.26 Å². The predicted octanol–water partition coefficient (Wildman–Crippen LogP) is 4.48. The van der Waals surface area contributed by atoms with Crippen LogP contribution in [0.2, 0.25) is 0 Å². The molecular weight excluding hydrogens is 414 g/mol. The van der Waals surface area contributed by atoms with E-state index < -0.39 is 5.41 Å². The smallest absolute Gasteiger partial charge is 0.268 e. The summed E-state index contributed by atoms with van der Waals surface area (Å²) in [4.78, 5) is 13.3. The van der Waals surface area contributed by atoms with Crippen LogP contribution in [0.25, 0.3) is 34.3 Å². The summed E-state index contributed by atoms with van der Waals surface area (Å²) >= 11 is 0.